The zero-order valence-electron chi connectivity index (χ0n) is 12.7. The molecule has 0 saturated heterocycles. The van der Waals surface area contributed by atoms with Crippen LogP contribution in [0.5, 0.6) is 0 Å². The van der Waals surface area contributed by atoms with Gasteiger partial charge < -0.3 is 0 Å². The third kappa shape index (κ3) is 2.72. The Bertz CT molecular complexity index is 682. The quantitative estimate of drug-likeness (QED) is 0.609. The second-order valence-corrected chi connectivity index (χ2v) is 6.69. The van der Waals surface area contributed by atoms with Gasteiger partial charge in [-0.15, -0.1) is 0 Å². The topological polar surface area (TPSA) is 0 Å². The number of allylic oxidation sites excluding steroid dienone is 2. The van der Waals surface area contributed by atoms with Crippen LogP contribution in [0.4, 0.5) is 0 Å². The first-order valence-corrected chi connectivity index (χ1v) is 8.56. The van der Waals surface area contributed by atoms with E-state index in [0.29, 0.717) is 5.92 Å². The van der Waals surface area contributed by atoms with Crippen LogP contribution in [0.15, 0.2) is 53.0 Å². The fourth-order valence-corrected chi connectivity index (χ4v) is 3.91. The van der Waals surface area contributed by atoms with E-state index in [1.54, 1.807) is 0 Å². The molecule has 3 rings (SSSR count). The monoisotopic (exact) mass is 340 g/mol. The van der Waals surface area contributed by atoms with Crippen molar-refractivity contribution in [2.24, 2.45) is 0 Å². The highest BCUT2D eigenvalue weighted by Crippen LogP contribution is 2.44. The third-order valence-electron chi connectivity index (χ3n) is 4.40. The number of rotatable bonds is 4. The molecule has 0 bridgehead atoms. The molecular formula is C20H21Br. The first kappa shape index (κ1) is 14.6. The average molecular weight is 341 g/mol. The standard InChI is InChI=1S/C20H21Br/c1-3-4-8-15-9-5-6-10-17(15)18-13-14(2)16-11-7-12-19(21)20(16)18/h5-7,9-13,18H,3-4,8H2,1-2H3. The molecule has 0 fully saturated rings. The van der Waals surface area contributed by atoms with Gasteiger partial charge in [0, 0.05) is 10.4 Å². The largest absolute Gasteiger partial charge is 0.0690 e. The van der Waals surface area contributed by atoms with E-state index in [1.165, 1.54) is 51.6 Å². The summed E-state index contributed by atoms with van der Waals surface area (Å²) < 4.78 is 1.23. The van der Waals surface area contributed by atoms with Gasteiger partial charge in [-0.25, -0.2) is 0 Å². The van der Waals surface area contributed by atoms with Crippen LogP contribution in [0.3, 0.4) is 0 Å². The molecule has 2 aromatic carbocycles. The maximum absolute atomic E-state index is 3.76. The molecule has 0 aromatic heterocycles. The first-order valence-electron chi connectivity index (χ1n) is 7.77. The average Bonchev–Trinajstić information content (AvgIpc) is 2.84. The predicted molar refractivity (Wildman–Crippen MR) is 94.7 cm³/mol. The van der Waals surface area contributed by atoms with E-state index in [-0.39, 0.29) is 0 Å². The van der Waals surface area contributed by atoms with Crippen molar-refractivity contribution in [2.75, 3.05) is 0 Å². The van der Waals surface area contributed by atoms with Crippen molar-refractivity contribution in [1.29, 1.82) is 0 Å². The molecule has 0 spiro atoms. The Morgan fingerprint density at radius 3 is 2.67 bits per heavy atom. The lowest BCUT2D eigenvalue weighted by Gasteiger charge is -2.17. The van der Waals surface area contributed by atoms with Gasteiger partial charge in [-0.1, -0.05) is 71.7 Å². The van der Waals surface area contributed by atoms with Crippen molar-refractivity contribution in [3.05, 3.63) is 75.3 Å². The number of hydrogen-bond acceptors (Lipinski definition) is 0. The predicted octanol–water partition coefficient (Wildman–Crippen LogP) is 6.34. The summed E-state index contributed by atoms with van der Waals surface area (Å²) >= 11 is 3.76. The second-order valence-electron chi connectivity index (χ2n) is 5.83. The van der Waals surface area contributed by atoms with E-state index in [4.69, 9.17) is 0 Å². The molecule has 0 amide bonds. The number of unbranched alkanes of at least 4 members (excludes halogenated alkanes) is 1. The van der Waals surface area contributed by atoms with Gasteiger partial charge in [-0.05, 0) is 53.7 Å². The molecule has 21 heavy (non-hydrogen) atoms. The van der Waals surface area contributed by atoms with Crippen molar-refractivity contribution in [1.82, 2.24) is 0 Å². The van der Waals surface area contributed by atoms with E-state index in [0.717, 1.165) is 0 Å². The van der Waals surface area contributed by atoms with Crippen molar-refractivity contribution < 1.29 is 0 Å². The zero-order valence-corrected chi connectivity index (χ0v) is 14.3. The molecule has 0 nitrogen and oxygen atoms in total. The summed E-state index contributed by atoms with van der Waals surface area (Å²) in [4.78, 5) is 0. The maximum Gasteiger partial charge on any atom is 0.0295 e. The minimum Gasteiger partial charge on any atom is -0.0690 e. The Balaban J connectivity index is 2.08. The summed E-state index contributed by atoms with van der Waals surface area (Å²) in [6.45, 7) is 4.48. The lowest BCUT2D eigenvalue weighted by Crippen LogP contribution is -2.02. The van der Waals surface area contributed by atoms with E-state index in [9.17, 15) is 0 Å². The highest BCUT2D eigenvalue weighted by molar-refractivity contribution is 9.10. The molecule has 2 aromatic rings. The summed E-state index contributed by atoms with van der Waals surface area (Å²) in [7, 11) is 0. The highest BCUT2D eigenvalue weighted by atomic mass is 79.9. The molecule has 0 radical (unpaired) electrons. The van der Waals surface area contributed by atoms with Gasteiger partial charge in [-0.3, -0.25) is 0 Å². The minimum atomic E-state index is 0.392. The van der Waals surface area contributed by atoms with Crippen LogP contribution >= 0.6 is 15.9 Å². The van der Waals surface area contributed by atoms with Crippen LogP contribution in [-0.4, -0.2) is 0 Å². The summed E-state index contributed by atoms with van der Waals surface area (Å²) in [6, 6.07) is 15.5. The summed E-state index contributed by atoms with van der Waals surface area (Å²) in [5, 5.41) is 0. The van der Waals surface area contributed by atoms with Gasteiger partial charge in [0.1, 0.15) is 0 Å². The number of halogens is 1. The van der Waals surface area contributed by atoms with Crippen LogP contribution in [0, 0.1) is 0 Å². The van der Waals surface area contributed by atoms with Gasteiger partial charge >= 0.3 is 0 Å². The van der Waals surface area contributed by atoms with Crippen LogP contribution in [0.1, 0.15) is 54.9 Å². The minimum absolute atomic E-state index is 0.392. The highest BCUT2D eigenvalue weighted by Gasteiger charge is 2.26. The summed E-state index contributed by atoms with van der Waals surface area (Å²) in [6.07, 6.45) is 6.10. The van der Waals surface area contributed by atoms with Gasteiger partial charge in [0.2, 0.25) is 0 Å². The van der Waals surface area contributed by atoms with Gasteiger partial charge in [0.15, 0.2) is 0 Å². The molecule has 0 N–H and O–H groups in total. The van der Waals surface area contributed by atoms with Gasteiger partial charge in [0.25, 0.3) is 0 Å². The molecule has 108 valence electrons. The van der Waals surface area contributed by atoms with E-state index < -0.39 is 0 Å². The zero-order chi connectivity index (χ0) is 14.8. The van der Waals surface area contributed by atoms with Gasteiger partial charge in [0.05, 0.1) is 0 Å². The number of fused-ring (bicyclic) bond motifs is 1. The maximum atomic E-state index is 3.76. The van der Waals surface area contributed by atoms with Crippen LogP contribution in [0.2, 0.25) is 0 Å². The second kappa shape index (κ2) is 6.19. The number of benzene rings is 2. The Kier molecular flexibility index (Phi) is 4.30. The molecule has 0 aliphatic heterocycles. The summed E-state index contributed by atoms with van der Waals surface area (Å²) in [5.74, 6) is 0.392. The van der Waals surface area contributed by atoms with Crippen molar-refractivity contribution in [3.8, 4) is 0 Å². The van der Waals surface area contributed by atoms with Crippen molar-refractivity contribution in [3.63, 3.8) is 0 Å². The van der Waals surface area contributed by atoms with Crippen molar-refractivity contribution >= 4 is 21.5 Å². The van der Waals surface area contributed by atoms with E-state index >= 15 is 0 Å². The van der Waals surface area contributed by atoms with Crippen molar-refractivity contribution in [2.45, 2.75) is 39.0 Å². The molecule has 1 aliphatic rings. The van der Waals surface area contributed by atoms with Crippen LogP contribution in [-0.2, 0) is 6.42 Å². The van der Waals surface area contributed by atoms with Crippen LogP contribution in [0.25, 0.3) is 5.57 Å². The van der Waals surface area contributed by atoms with Crippen LogP contribution < -0.4 is 0 Å². The summed E-state index contributed by atoms with van der Waals surface area (Å²) in [5.41, 5.74) is 7.17. The smallest absolute Gasteiger partial charge is 0.0295 e. The fourth-order valence-electron chi connectivity index (χ4n) is 3.30. The molecule has 0 saturated carbocycles. The SMILES string of the molecule is CCCCc1ccccc1C1C=C(C)c2cccc(Br)c21. The molecule has 1 heteroatoms. The van der Waals surface area contributed by atoms with E-state index in [1.807, 2.05) is 0 Å². The molecule has 0 heterocycles. The Morgan fingerprint density at radius 2 is 1.86 bits per heavy atom. The normalized spacial score (nSPS) is 16.7. The van der Waals surface area contributed by atoms with E-state index in [2.05, 4.69) is 78.3 Å². The number of hydrogen-bond donors (Lipinski definition) is 0. The molecule has 1 unspecified atom stereocenters. The Hall–Kier alpha value is -1.34. The molecule has 1 aliphatic carbocycles. The molecular weight excluding hydrogens is 320 g/mol. The Morgan fingerprint density at radius 1 is 1.05 bits per heavy atom. The Labute approximate surface area is 136 Å². The first-order chi connectivity index (χ1) is 10.2. The van der Waals surface area contributed by atoms with Gasteiger partial charge in [-0.2, -0.15) is 0 Å². The fraction of sp³-hybridized carbons (Fsp3) is 0.300. The third-order valence-corrected chi connectivity index (χ3v) is 5.09. The molecule has 1 atom stereocenters. The number of aryl methyl sites for hydroxylation is 1. The lowest BCUT2D eigenvalue weighted by atomic mass is 9.88. The lowest BCUT2D eigenvalue weighted by molar-refractivity contribution is 0.784.